The minimum atomic E-state index is -0.105. The van der Waals surface area contributed by atoms with Gasteiger partial charge in [0, 0.05) is 4.47 Å². The van der Waals surface area contributed by atoms with E-state index in [2.05, 4.69) is 15.9 Å². The quantitative estimate of drug-likeness (QED) is 0.887. The molecule has 0 aromatic heterocycles. The Balaban J connectivity index is 3.06. The van der Waals surface area contributed by atoms with Gasteiger partial charge in [-0.2, -0.15) is 0 Å². The number of halogens is 2. The first-order valence-electron chi connectivity index (χ1n) is 4.72. The van der Waals surface area contributed by atoms with Crippen molar-refractivity contribution in [2.75, 3.05) is 6.54 Å². The summed E-state index contributed by atoms with van der Waals surface area (Å²) in [6.45, 7) is 4.24. The van der Waals surface area contributed by atoms with Crippen molar-refractivity contribution in [1.82, 2.24) is 0 Å². The molecule has 0 heterocycles. The Bertz CT molecular complexity index is 337. The van der Waals surface area contributed by atoms with Crippen LogP contribution in [0.15, 0.2) is 10.5 Å². The van der Waals surface area contributed by atoms with E-state index in [1.165, 1.54) is 0 Å². The summed E-state index contributed by atoms with van der Waals surface area (Å²) in [6.07, 6.45) is 1.74. The summed E-state index contributed by atoms with van der Waals surface area (Å²) in [5, 5.41) is 0. The molecule has 0 saturated carbocycles. The molecule has 1 nitrogen and oxygen atoms in total. The molecule has 0 saturated heterocycles. The average Bonchev–Trinajstić information content (AvgIpc) is 2.18. The lowest BCUT2D eigenvalue weighted by atomic mass is 10.0. The normalized spacial score (nSPS) is 10.6. The van der Waals surface area contributed by atoms with Crippen molar-refractivity contribution in [3.05, 3.63) is 33.0 Å². The molecule has 0 aliphatic heterocycles. The zero-order chi connectivity index (χ0) is 10.7. The predicted octanol–water partition coefficient (Wildman–Crippen LogP) is 3.10. The van der Waals surface area contributed by atoms with E-state index in [1.54, 1.807) is 6.92 Å². The molecule has 0 atom stereocenters. The minimum Gasteiger partial charge on any atom is -0.330 e. The summed E-state index contributed by atoms with van der Waals surface area (Å²) in [4.78, 5) is 0. The van der Waals surface area contributed by atoms with Crippen LogP contribution in [0.25, 0.3) is 0 Å². The van der Waals surface area contributed by atoms with Crippen LogP contribution in [0.3, 0.4) is 0 Å². The van der Waals surface area contributed by atoms with Gasteiger partial charge in [-0.05, 0) is 56.0 Å². The molecule has 1 aromatic carbocycles. The van der Waals surface area contributed by atoms with Gasteiger partial charge in [-0.3, -0.25) is 0 Å². The van der Waals surface area contributed by atoms with E-state index in [4.69, 9.17) is 5.73 Å². The van der Waals surface area contributed by atoms with Gasteiger partial charge in [0.25, 0.3) is 0 Å². The second-order valence-corrected chi connectivity index (χ2v) is 4.33. The molecule has 0 radical (unpaired) electrons. The van der Waals surface area contributed by atoms with Gasteiger partial charge in [0.15, 0.2) is 0 Å². The Morgan fingerprint density at radius 1 is 1.36 bits per heavy atom. The topological polar surface area (TPSA) is 26.0 Å². The molecular formula is C11H15BrFN. The van der Waals surface area contributed by atoms with Crippen molar-refractivity contribution in [2.45, 2.75) is 26.7 Å². The van der Waals surface area contributed by atoms with E-state index in [0.29, 0.717) is 12.1 Å². The van der Waals surface area contributed by atoms with Gasteiger partial charge in [-0.25, -0.2) is 4.39 Å². The molecule has 0 bridgehead atoms. The van der Waals surface area contributed by atoms with Gasteiger partial charge in [0.05, 0.1) is 0 Å². The van der Waals surface area contributed by atoms with E-state index in [1.807, 2.05) is 13.0 Å². The maximum Gasteiger partial charge on any atom is 0.130 e. The summed E-state index contributed by atoms with van der Waals surface area (Å²) in [6, 6.07) is 1.99. The fourth-order valence-corrected chi connectivity index (χ4v) is 1.90. The maximum absolute atomic E-state index is 13.6. The van der Waals surface area contributed by atoms with E-state index in [-0.39, 0.29) is 5.82 Å². The van der Waals surface area contributed by atoms with Crippen molar-refractivity contribution in [3.8, 4) is 0 Å². The molecule has 0 unspecified atom stereocenters. The van der Waals surface area contributed by atoms with Gasteiger partial charge in [0.1, 0.15) is 5.82 Å². The standard InChI is InChI=1S/C11H15BrFN/c1-7-9(4-3-5-14)6-10(12)8(2)11(7)13/h6H,3-5,14H2,1-2H3. The second-order valence-electron chi connectivity index (χ2n) is 3.47. The van der Waals surface area contributed by atoms with Crippen LogP contribution in [0.4, 0.5) is 4.39 Å². The molecule has 3 heteroatoms. The van der Waals surface area contributed by atoms with Crippen molar-refractivity contribution in [3.63, 3.8) is 0 Å². The second kappa shape index (κ2) is 4.89. The van der Waals surface area contributed by atoms with E-state index in [0.717, 1.165) is 28.4 Å². The first-order chi connectivity index (χ1) is 6.57. The van der Waals surface area contributed by atoms with Crippen LogP contribution >= 0.6 is 15.9 Å². The van der Waals surface area contributed by atoms with Crippen molar-refractivity contribution >= 4 is 15.9 Å². The van der Waals surface area contributed by atoms with Gasteiger partial charge in [0.2, 0.25) is 0 Å². The Kier molecular flexibility index (Phi) is 4.08. The Hall–Kier alpha value is -0.410. The van der Waals surface area contributed by atoms with Crippen LogP contribution in [0.5, 0.6) is 0 Å². The highest BCUT2D eigenvalue weighted by Crippen LogP contribution is 2.25. The Morgan fingerprint density at radius 3 is 2.57 bits per heavy atom. The van der Waals surface area contributed by atoms with E-state index in [9.17, 15) is 4.39 Å². The third-order valence-corrected chi connectivity index (χ3v) is 3.27. The van der Waals surface area contributed by atoms with Crippen LogP contribution in [0.1, 0.15) is 23.1 Å². The number of rotatable bonds is 3. The lowest BCUT2D eigenvalue weighted by Crippen LogP contribution is -2.03. The zero-order valence-electron chi connectivity index (χ0n) is 8.53. The largest absolute Gasteiger partial charge is 0.330 e. The molecule has 0 aliphatic rings. The van der Waals surface area contributed by atoms with Crippen molar-refractivity contribution in [2.24, 2.45) is 5.73 Å². The molecule has 0 spiro atoms. The Morgan fingerprint density at radius 2 is 2.00 bits per heavy atom. The molecule has 0 aliphatic carbocycles. The SMILES string of the molecule is Cc1c(Br)cc(CCCN)c(C)c1F. The maximum atomic E-state index is 13.6. The molecule has 14 heavy (non-hydrogen) atoms. The van der Waals surface area contributed by atoms with Gasteiger partial charge >= 0.3 is 0 Å². The smallest absolute Gasteiger partial charge is 0.130 e. The first kappa shape index (κ1) is 11.7. The predicted molar refractivity (Wildman–Crippen MR) is 60.9 cm³/mol. The number of aryl methyl sites for hydroxylation is 1. The summed E-state index contributed by atoms with van der Waals surface area (Å²) < 4.78 is 14.5. The molecular weight excluding hydrogens is 245 g/mol. The van der Waals surface area contributed by atoms with E-state index >= 15 is 0 Å². The number of hydrogen-bond acceptors (Lipinski definition) is 1. The average molecular weight is 260 g/mol. The van der Waals surface area contributed by atoms with Gasteiger partial charge in [-0.1, -0.05) is 15.9 Å². The number of nitrogens with two attached hydrogens (primary N) is 1. The van der Waals surface area contributed by atoms with Gasteiger partial charge < -0.3 is 5.73 Å². The van der Waals surface area contributed by atoms with E-state index < -0.39 is 0 Å². The van der Waals surface area contributed by atoms with Crippen LogP contribution in [0, 0.1) is 19.7 Å². The number of benzene rings is 1. The summed E-state index contributed by atoms with van der Waals surface area (Å²) >= 11 is 3.35. The lowest BCUT2D eigenvalue weighted by molar-refractivity contribution is 0.603. The van der Waals surface area contributed by atoms with Crippen LogP contribution in [-0.2, 0) is 6.42 Å². The fraction of sp³-hybridized carbons (Fsp3) is 0.455. The highest BCUT2D eigenvalue weighted by Gasteiger charge is 2.10. The minimum absolute atomic E-state index is 0.105. The van der Waals surface area contributed by atoms with Crippen molar-refractivity contribution < 1.29 is 4.39 Å². The van der Waals surface area contributed by atoms with Crippen LogP contribution < -0.4 is 5.73 Å². The van der Waals surface area contributed by atoms with Crippen molar-refractivity contribution in [1.29, 1.82) is 0 Å². The fourth-order valence-electron chi connectivity index (χ4n) is 1.45. The summed E-state index contributed by atoms with van der Waals surface area (Å²) in [7, 11) is 0. The number of hydrogen-bond donors (Lipinski definition) is 1. The highest BCUT2D eigenvalue weighted by atomic mass is 79.9. The monoisotopic (exact) mass is 259 g/mol. The molecule has 1 aromatic rings. The highest BCUT2D eigenvalue weighted by molar-refractivity contribution is 9.10. The lowest BCUT2D eigenvalue weighted by Gasteiger charge is -2.10. The molecule has 1 rings (SSSR count). The first-order valence-corrected chi connectivity index (χ1v) is 5.51. The summed E-state index contributed by atoms with van der Waals surface area (Å²) in [5.74, 6) is -0.105. The third-order valence-electron chi connectivity index (χ3n) is 2.45. The Labute approximate surface area is 92.6 Å². The molecule has 0 amide bonds. The molecule has 0 fully saturated rings. The third kappa shape index (κ3) is 2.34. The van der Waals surface area contributed by atoms with Crippen LogP contribution in [-0.4, -0.2) is 6.54 Å². The van der Waals surface area contributed by atoms with Gasteiger partial charge in [-0.15, -0.1) is 0 Å². The zero-order valence-corrected chi connectivity index (χ0v) is 10.1. The van der Waals surface area contributed by atoms with Crippen LogP contribution in [0.2, 0.25) is 0 Å². The summed E-state index contributed by atoms with van der Waals surface area (Å²) in [5.41, 5.74) is 7.90. The molecule has 2 N–H and O–H groups in total. The molecule has 78 valence electrons.